The lowest BCUT2D eigenvalue weighted by atomic mass is 9.68. The molecule has 37 heavy (non-hydrogen) atoms. The number of aromatic nitrogens is 2. The Kier molecular flexibility index (Phi) is 6.99. The molecule has 7 heteroatoms. The number of benzene rings is 1. The predicted molar refractivity (Wildman–Crippen MR) is 144 cm³/mol. The Morgan fingerprint density at radius 2 is 1.68 bits per heavy atom. The Hall–Kier alpha value is -2.41. The molecule has 2 aliphatic heterocycles. The summed E-state index contributed by atoms with van der Waals surface area (Å²) in [5, 5.41) is 0.501. The van der Waals surface area contributed by atoms with Crippen LogP contribution in [0.15, 0.2) is 33.9 Å². The van der Waals surface area contributed by atoms with Crippen molar-refractivity contribution < 1.29 is 9.53 Å². The van der Waals surface area contributed by atoms with Crippen molar-refractivity contribution in [2.45, 2.75) is 102 Å². The molecule has 6 atom stereocenters. The summed E-state index contributed by atoms with van der Waals surface area (Å²) in [7, 11) is 0. The van der Waals surface area contributed by atoms with Gasteiger partial charge in [0.2, 0.25) is 0 Å². The van der Waals surface area contributed by atoms with Crippen molar-refractivity contribution in [2.75, 3.05) is 13.2 Å². The third-order valence-corrected chi connectivity index (χ3v) is 9.91. The molecule has 5 fully saturated rings. The average Bonchev–Trinajstić information content (AvgIpc) is 2.87. The smallest absolute Gasteiger partial charge is 0.332 e. The summed E-state index contributed by atoms with van der Waals surface area (Å²) in [5.41, 5.74) is -0.0735. The molecule has 3 unspecified atom stereocenters. The van der Waals surface area contributed by atoms with Crippen molar-refractivity contribution in [3.8, 4) is 0 Å². The number of carbonyl (C=O) groups excluding carboxylic acids is 1. The molecule has 7 nitrogen and oxygen atoms in total. The average molecular weight is 508 g/mol. The molecule has 1 aromatic heterocycles. The maximum absolute atomic E-state index is 13.9. The molecule has 0 N–H and O–H groups in total. The van der Waals surface area contributed by atoms with Crippen LogP contribution < -0.4 is 11.2 Å². The second-order valence-electron chi connectivity index (χ2n) is 12.1. The summed E-state index contributed by atoms with van der Waals surface area (Å²) < 4.78 is 8.16. The van der Waals surface area contributed by atoms with E-state index in [1.165, 1.54) is 54.1 Å². The van der Waals surface area contributed by atoms with Crippen LogP contribution in [0.5, 0.6) is 0 Å². The molecule has 3 aliphatic carbocycles. The van der Waals surface area contributed by atoms with E-state index in [1.54, 1.807) is 19.1 Å². The Morgan fingerprint density at radius 1 is 0.919 bits per heavy atom. The zero-order valence-corrected chi connectivity index (χ0v) is 22.1. The normalized spacial score (nSPS) is 32.1. The van der Waals surface area contributed by atoms with Crippen LogP contribution >= 0.6 is 0 Å². The second kappa shape index (κ2) is 10.4. The molecule has 4 bridgehead atoms. The van der Waals surface area contributed by atoms with Crippen LogP contribution in [0.3, 0.4) is 0 Å². The van der Waals surface area contributed by atoms with Gasteiger partial charge in [-0.15, -0.1) is 0 Å². The molecule has 5 aliphatic rings. The number of hydrogen-bond donors (Lipinski definition) is 0. The summed E-state index contributed by atoms with van der Waals surface area (Å²) in [4.78, 5) is 43.0. The Bertz CT molecular complexity index is 1250. The quantitative estimate of drug-likeness (QED) is 0.557. The first kappa shape index (κ1) is 24.9. The number of ether oxygens (including phenoxy) is 1. The maximum Gasteiger partial charge on any atom is 0.332 e. The van der Waals surface area contributed by atoms with Gasteiger partial charge in [0, 0.05) is 24.7 Å². The highest BCUT2D eigenvalue weighted by atomic mass is 16.5. The van der Waals surface area contributed by atoms with Crippen LogP contribution in [0.2, 0.25) is 0 Å². The number of esters is 1. The van der Waals surface area contributed by atoms with Crippen LogP contribution in [-0.2, 0) is 16.1 Å². The summed E-state index contributed by atoms with van der Waals surface area (Å²) >= 11 is 0. The van der Waals surface area contributed by atoms with E-state index in [0.29, 0.717) is 23.0 Å². The van der Waals surface area contributed by atoms with Gasteiger partial charge in [-0.3, -0.25) is 23.6 Å². The summed E-state index contributed by atoms with van der Waals surface area (Å²) in [6, 6.07) is 8.13. The van der Waals surface area contributed by atoms with Gasteiger partial charge in [-0.1, -0.05) is 44.2 Å². The van der Waals surface area contributed by atoms with E-state index in [2.05, 4.69) is 4.90 Å². The second-order valence-corrected chi connectivity index (χ2v) is 12.1. The first-order valence-corrected chi connectivity index (χ1v) is 14.7. The fourth-order valence-corrected chi connectivity index (χ4v) is 8.35. The Labute approximate surface area is 218 Å². The number of nitrogens with zero attached hydrogens (tertiary/aromatic N) is 3. The van der Waals surface area contributed by atoms with Gasteiger partial charge in [0.15, 0.2) is 0 Å². The van der Waals surface area contributed by atoms with E-state index in [-0.39, 0.29) is 36.4 Å². The third-order valence-electron chi connectivity index (χ3n) is 9.91. The molecule has 3 saturated carbocycles. The lowest BCUT2D eigenvalue weighted by Gasteiger charge is -2.52. The minimum Gasteiger partial charge on any atom is -0.465 e. The molecule has 2 aromatic rings. The summed E-state index contributed by atoms with van der Waals surface area (Å²) in [6.45, 7) is 2.83. The van der Waals surface area contributed by atoms with Crippen LogP contribution in [0.4, 0.5) is 0 Å². The topological polar surface area (TPSA) is 73.5 Å². The number of fused-ring (bicyclic) bond motifs is 8. The van der Waals surface area contributed by atoms with Gasteiger partial charge in [0.25, 0.3) is 5.56 Å². The number of piperidine rings is 1. The van der Waals surface area contributed by atoms with Gasteiger partial charge in [0.1, 0.15) is 6.54 Å². The van der Waals surface area contributed by atoms with E-state index in [1.807, 2.05) is 12.1 Å². The van der Waals surface area contributed by atoms with Crippen molar-refractivity contribution >= 4 is 16.9 Å². The lowest BCUT2D eigenvalue weighted by Crippen LogP contribution is -2.57. The highest BCUT2D eigenvalue weighted by molar-refractivity contribution is 5.80. The third kappa shape index (κ3) is 4.68. The van der Waals surface area contributed by atoms with Crippen molar-refractivity contribution in [2.24, 2.45) is 17.8 Å². The number of rotatable bonds is 5. The number of para-hydroxylation sites is 1. The fraction of sp³-hybridized carbons (Fsp3) is 0.700. The monoisotopic (exact) mass is 507 g/mol. The van der Waals surface area contributed by atoms with E-state index < -0.39 is 5.97 Å². The van der Waals surface area contributed by atoms with Gasteiger partial charge in [-0.05, 0) is 75.3 Å². The van der Waals surface area contributed by atoms with E-state index in [9.17, 15) is 14.4 Å². The Morgan fingerprint density at radius 3 is 2.46 bits per heavy atom. The fourth-order valence-electron chi connectivity index (χ4n) is 8.35. The minimum absolute atomic E-state index is 0.123. The molecule has 200 valence electrons. The van der Waals surface area contributed by atoms with Gasteiger partial charge in [0.05, 0.1) is 17.5 Å². The highest BCUT2D eigenvalue weighted by Crippen LogP contribution is 2.46. The van der Waals surface area contributed by atoms with Crippen molar-refractivity contribution in [1.29, 1.82) is 0 Å². The van der Waals surface area contributed by atoms with Crippen LogP contribution in [0.25, 0.3) is 10.9 Å². The largest absolute Gasteiger partial charge is 0.465 e. The molecule has 2 saturated heterocycles. The lowest BCUT2D eigenvalue weighted by molar-refractivity contribution is -0.143. The standard InChI is InChI=1S/C30H41N3O4/c1-2-37-28(34)19-32-26-13-6-5-12-25(26)29(35)33(30(32)36)27-17-23-11-4-3-10-22(27)18-31(23)24-15-20-8-7-9-21(14-20)16-24/h5-6,12-13,20-24,27H,2-4,7-11,14-19H2,1H3/t20-,21+,22?,23-,24?,27?/m1/s1. The zero-order chi connectivity index (χ0) is 25.5. The maximum atomic E-state index is 13.9. The predicted octanol–water partition coefficient (Wildman–Crippen LogP) is 4.50. The van der Waals surface area contributed by atoms with Crippen molar-refractivity contribution in [3.05, 3.63) is 45.1 Å². The van der Waals surface area contributed by atoms with E-state index in [0.717, 1.165) is 44.1 Å². The highest BCUT2D eigenvalue weighted by Gasteiger charge is 2.44. The first-order valence-electron chi connectivity index (χ1n) is 14.7. The van der Waals surface area contributed by atoms with E-state index >= 15 is 0 Å². The molecule has 0 amide bonds. The minimum atomic E-state index is -0.451. The van der Waals surface area contributed by atoms with E-state index in [4.69, 9.17) is 4.74 Å². The van der Waals surface area contributed by atoms with Crippen LogP contribution in [0.1, 0.15) is 83.6 Å². The molecule has 7 rings (SSSR count). The molecule has 0 radical (unpaired) electrons. The molecule has 3 heterocycles. The zero-order valence-electron chi connectivity index (χ0n) is 22.1. The van der Waals surface area contributed by atoms with Gasteiger partial charge < -0.3 is 4.74 Å². The van der Waals surface area contributed by atoms with Gasteiger partial charge in [-0.2, -0.15) is 0 Å². The number of carbonyl (C=O) groups is 1. The van der Waals surface area contributed by atoms with Crippen LogP contribution in [-0.4, -0.2) is 45.2 Å². The van der Waals surface area contributed by atoms with Gasteiger partial charge >= 0.3 is 11.7 Å². The summed E-state index contributed by atoms with van der Waals surface area (Å²) in [6.07, 6.45) is 13.7. The van der Waals surface area contributed by atoms with Crippen LogP contribution in [0, 0.1) is 17.8 Å². The molecular formula is C30H41N3O4. The van der Waals surface area contributed by atoms with Crippen molar-refractivity contribution in [1.82, 2.24) is 14.0 Å². The molecule has 0 spiro atoms. The SMILES string of the molecule is CCOC(=O)Cn1c(=O)n(C2C[C@H]3CCCCC2CN3C2C[C@H]3CCC[C@@H](C2)C3)c(=O)c2ccccc21. The first-order chi connectivity index (χ1) is 18.0. The Balaban J connectivity index is 1.37. The molecular weight excluding hydrogens is 466 g/mol. The molecule has 1 aromatic carbocycles. The van der Waals surface area contributed by atoms with Gasteiger partial charge in [-0.25, -0.2) is 4.79 Å². The number of hydrogen-bond acceptors (Lipinski definition) is 5. The van der Waals surface area contributed by atoms with Crippen molar-refractivity contribution in [3.63, 3.8) is 0 Å². The summed E-state index contributed by atoms with van der Waals surface area (Å²) in [5.74, 6) is 1.60.